The highest BCUT2D eigenvalue weighted by molar-refractivity contribution is 8.13. The molecule has 50 valence electrons. The number of ether oxygens (including phenoxy) is 1. The molecule has 5 heteroatoms. The molecule has 0 fully saturated rings. The largest absolute Gasteiger partial charge is 0.481 e. The van der Waals surface area contributed by atoms with Gasteiger partial charge in [0.2, 0.25) is 10.6 Å². The molecule has 1 atom stereocenters. The van der Waals surface area contributed by atoms with Gasteiger partial charge in [-0.2, -0.15) is 5.26 Å². The van der Waals surface area contributed by atoms with Crippen molar-refractivity contribution in [1.82, 2.24) is 0 Å². The van der Waals surface area contributed by atoms with Crippen molar-refractivity contribution in [2.75, 3.05) is 13.4 Å². The van der Waals surface area contributed by atoms with Crippen molar-refractivity contribution in [1.29, 1.82) is 5.26 Å². The average molecular weight is 162 g/mol. The van der Waals surface area contributed by atoms with Crippen LogP contribution in [0.4, 0.5) is 0 Å². The van der Waals surface area contributed by atoms with Gasteiger partial charge in [-0.25, -0.2) is 0 Å². The quantitative estimate of drug-likeness (QED) is 0.391. The van der Waals surface area contributed by atoms with Crippen LogP contribution in [0, 0.1) is 11.5 Å². The van der Waals surface area contributed by atoms with Gasteiger partial charge >= 0.3 is 0 Å². The van der Waals surface area contributed by atoms with Crippen molar-refractivity contribution in [3.05, 3.63) is 0 Å². The van der Waals surface area contributed by atoms with Gasteiger partial charge in [0.25, 0.3) is 0 Å². The molecule has 0 aliphatic carbocycles. The summed E-state index contributed by atoms with van der Waals surface area (Å²) in [6, 6.07) is 0. The van der Waals surface area contributed by atoms with Crippen molar-refractivity contribution in [2.24, 2.45) is 4.36 Å². The van der Waals surface area contributed by atoms with E-state index in [4.69, 9.17) is 5.26 Å². The highest BCUT2D eigenvalue weighted by atomic mass is 32.2. The van der Waals surface area contributed by atoms with Crippen LogP contribution in [-0.4, -0.2) is 17.7 Å². The van der Waals surface area contributed by atoms with Crippen LogP contribution in [0.15, 0.2) is 4.36 Å². The van der Waals surface area contributed by atoms with Gasteiger partial charge in [-0.1, -0.05) is 0 Å². The topological polar surface area (TPSA) is 45.4 Å². The zero-order chi connectivity index (χ0) is 7.28. The molecule has 0 radical (unpaired) electrons. The molecular formula is C4H6N2OS2. The van der Waals surface area contributed by atoms with Crippen molar-refractivity contribution in [3.8, 4) is 6.19 Å². The van der Waals surface area contributed by atoms with E-state index in [0.29, 0.717) is 4.38 Å². The predicted octanol–water partition coefficient (Wildman–Crippen LogP) is 0.830. The molecule has 0 N–H and O–H groups in total. The molecular weight excluding hydrogens is 156 g/mol. The van der Waals surface area contributed by atoms with E-state index in [1.54, 1.807) is 12.4 Å². The van der Waals surface area contributed by atoms with Gasteiger partial charge < -0.3 is 4.74 Å². The molecule has 3 nitrogen and oxygen atoms in total. The number of nitriles is 1. The van der Waals surface area contributed by atoms with E-state index in [0.717, 1.165) is 0 Å². The molecule has 0 heterocycles. The molecule has 0 aliphatic heterocycles. The third-order valence-electron chi connectivity index (χ3n) is 0.586. The van der Waals surface area contributed by atoms with E-state index < -0.39 is 10.7 Å². The summed E-state index contributed by atoms with van der Waals surface area (Å²) in [4.78, 5) is 0. The van der Waals surface area contributed by atoms with Gasteiger partial charge in [0.1, 0.15) is 0 Å². The second-order valence-corrected chi connectivity index (χ2v) is 3.26. The van der Waals surface area contributed by atoms with E-state index in [9.17, 15) is 0 Å². The average Bonchev–Trinajstić information content (AvgIpc) is 1.87. The Morgan fingerprint density at radius 1 is 1.89 bits per heavy atom. The summed E-state index contributed by atoms with van der Waals surface area (Å²) in [5.74, 6) is 0. The normalized spacial score (nSPS) is 12.1. The van der Waals surface area contributed by atoms with Gasteiger partial charge in [-0.05, 0) is 22.9 Å². The smallest absolute Gasteiger partial charge is 0.231 e. The van der Waals surface area contributed by atoms with Crippen LogP contribution >= 0.6 is 12.2 Å². The molecule has 0 rings (SSSR count). The second kappa shape index (κ2) is 4.41. The minimum Gasteiger partial charge on any atom is -0.481 e. The first kappa shape index (κ1) is 8.53. The van der Waals surface area contributed by atoms with Crippen molar-refractivity contribution < 1.29 is 4.74 Å². The summed E-state index contributed by atoms with van der Waals surface area (Å²) in [6.45, 7) is 0. The Labute approximate surface area is 61.7 Å². The third-order valence-corrected chi connectivity index (χ3v) is 2.48. The highest BCUT2D eigenvalue weighted by Gasteiger charge is 1.94. The maximum atomic E-state index is 8.06. The Morgan fingerprint density at radius 2 is 2.44 bits per heavy atom. The number of hydrogen-bond acceptors (Lipinski definition) is 4. The lowest BCUT2D eigenvalue weighted by atomic mass is 11.5. The molecule has 0 saturated carbocycles. The molecule has 0 aromatic carbocycles. The number of thiocarbonyl (C=S) groups is 1. The Bertz CT molecular complexity index is 181. The van der Waals surface area contributed by atoms with Crippen LogP contribution in [0.25, 0.3) is 0 Å². The van der Waals surface area contributed by atoms with E-state index in [-0.39, 0.29) is 0 Å². The van der Waals surface area contributed by atoms with E-state index in [1.807, 2.05) is 0 Å². The lowest BCUT2D eigenvalue weighted by molar-refractivity contribution is 0.426. The van der Waals surface area contributed by atoms with E-state index in [2.05, 4.69) is 21.3 Å². The lowest BCUT2D eigenvalue weighted by Crippen LogP contribution is -2.02. The highest BCUT2D eigenvalue weighted by Crippen LogP contribution is 1.88. The van der Waals surface area contributed by atoms with Gasteiger partial charge in [0.05, 0.1) is 7.11 Å². The summed E-state index contributed by atoms with van der Waals surface area (Å²) in [5, 5.41) is 8.06. The van der Waals surface area contributed by atoms with Crippen LogP contribution in [-0.2, 0) is 15.4 Å². The predicted molar refractivity (Wildman–Crippen MR) is 40.9 cm³/mol. The van der Waals surface area contributed by atoms with Crippen molar-refractivity contribution >= 4 is 27.3 Å². The van der Waals surface area contributed by atoms with Crippen LogP contribution in [0.3, 0.4) is 0 Å². The zero-order valence-corrected chi connectivity index (χ0v) is 6.75. The van der Waals surface area contributed by atoms with Crippen LogP contribution in [0.2, 0.25) is 0 Å². The molecule has 0 saturated heterocycles. The number of methoxy groups -OCH3 is 1. The molecule has 1 unspecified atom stereocenters. The van der Waals surface area contributed by atoms with Gasteiger partial charge in [0.15, 0.2) is 0 Å². The third kappa shape index (κ3) is 3.16. The standard InChI is InChI=1S/C4H6N2OS2/c1-7-4(8)9(2)6-3-5/h1-2H3. The van der Waals surface area contributed by atoms with E-state index in [1.165, 1.54) is 7.11 Å². The monoisotopic (exact) mass is 162 g/mol. The van der Waals surface area contributed by atoms with Gasteiger partial charge in [-0.15, -0.1) is 4.36 Å². The van der Waals surface area contributed by atoms with Crippen molar-refractivity contribution in [2.45, 2.75) is 0 Å². The Morgan fingerprint density at radius 3 is 2.78 bits per heavy atom. The Balaban J connectivity index is 4.07. The first-order chi connectivity index (χ1) is 4.22. The van der Waals surface area contributed by atoms with Crippen LogP contribution in [0.5, 0.6) is 0 Å². The minimum absolute atomic E-state index is 0.372. The molecule has 0 aromatic rings. The fraction of sp³-hybridized carbons (Fsp3) is 0.500. The fourth-order valence-electron chi connectivity index (χ4n) is 0.219. The summed E-state index contributed by atoms with van der Waals surface area (Å²) < 4.78 is 8.50. The van der Waals surface area contributed by atoms with Crippen molar-refractivity contribution in [3.63, 3.8) is 0 Å². The molecule has 0 amide bonds. The summed E-state index contributed by atoms with van der Waals surface area (Å²) >= 11 is 4.69. The maximum absolute atomic E-state index is 8.06. The lowest BCUT2D eigenvalue weighted by Gasteiger charge is -1.96. The summed E-state index contributed by atoms with van der Waals surface area (Å²) in [7, 11) is 0.929. The number of nitrogens with zero attached hydrogens (tertiary/aromatic N) is 2. The van der Waals surface area contributed by atoms with Crippen LogP contribution < -0.4 is 0 Å². The van der Waals surface area contributed by atoms with Gasteiger partial charge in [0, 0.05) is 6.26 Å². The first-order valence-corrected chi connectivity index (χ1v) is 4.06. The van der Waals surface area contributed by atoms with Crippen LogP contribution in [0.1, 0.15) is 0 Å². The Hall–Kier alpha value is -0.470. The fourth-order valence-corrected chi connectivity index (χ4v) is 0.769. The summed E-state index contributed by atoms with van der Waals surface area (Å²) in [5.41, 5.74) is 0. The number of rotatable bonds is 0. The summed E-state index contributed by atoms with van der Waals surface area (Å²) in [6.07, 6.45) is 3.38. The SMILES string of the molecule is COC(=S)S(C)=NC#N. The first-order valence-electron chi connectivity index (χ1n) is 2.06. The van der Waals surface area contributed by atoms with Gasteiger partial charge in [-0.3, -0.25) is 0 Å². The number of hydrogen-bond donors (Lipinski definition) is 0. The molecule has 9 heavy (non-hydrogen) atoms. The minimum atomic E-state index is -0.542. The zero-order valence-electron chi connectivity index (χ0n) is 5.12. The molecule has 0 spiro atoms. The van der Waals surface area contributed by atoms with E-state index >= 15 is 0 Å². The molecule has 0 aromatic heterocycles. The second-order valence-electron chi connectivity index (χ2n) is 1.12. The molecule has 0 aliphatic rings. The maximum Gasteiger partial charge on any atom is 0.231 e. The molecule has 0 bridgehead atoms. The Kier molecular flexibility index (Phi) is 4.18.